The molecule has 2 amide bonds. The van der Waals surface area contributed by atoms with Gasteiger partial charge in [0, 0.05) is 30.6 Å². The molecule has 2 aromatic rings. The van der Waals surface area contributed by atoms with Crippen LogP contribution in [0.1, 0.15) is 39.4 Å². The Hall–Kier alpha value is -3.38. The maximum Gasteiger partial charge on any atom is 0.416 e. The van der Waals surface area contributed by atoms with Crippen molar-refractivity contribution in [3.63, 3.8) is 0 Å². The van der Waals surface area contributed by atoms with Crippen molar-refractivity contribution in [1.29, 1.82) is 0 Å². The lowest BCUT2D eigenvalue weighted by atomic mass is 9.85. The molecule has 1 aliphatic rings. The highest BCUT2D eigenvalue weighted by atomic mass is 19.4. The number of alkyl halides is 6. The van der Waals surface area contributed by atoms with Crippen LogP contribution in [0.15, 0.2) is 36.4 Å². The molecule has 0 unspecified atom stereocenters. The first-order valence-corrected chi connectivity index (χ1v) is 9.70. The smallest absolute Gasteiger partial charge is 0.416 e. The van der Waals surface area contributed by atoms with Crippen LogP contribution in [0, 0.1) is 11.6 Å². The minimum atomic E-state index is -5.16. The first-order chi connectivity index (χ1) is 15.7. The highest BCUT2D eigenvalue weighted by molar-refractivity contribution is 5.95. The second kappa shape index (κ2) is 9.11. The van der Waals surface area contributed by atoms with Crippen LogP contribution < -0.4 is 5.32 Å². The molecule has 0 spiro atoms. The molecule has 2 atom stereocenters. The first-order valence-electron chi connectivity index (χ1n) is 9.70. The molecule has 2 N–H and O–H groups in total. The number of halogens is 8. The summed E-state index contributed by atoms with van der Waals surface area (Å²) in [6.07, 6.45) is -11.7. The third-order valence-corrected chi connectivity index (χ3v) is 5.42. The van der Waals surface area contributed by atoms with Crippen LogP contribution in [0.4, 0.5) is 39.9 Å². The van der Waals surface area contributed by atoms with Crippen molar-refractivity contribution < 1.29 is 49.8 Å². The second-order valence-electron chi connectivity index (χ2n) is 7.67. The Morgan fingerprint density at radius 3 is 2.00 bits per heavy atom. The number of amides is 2. The van der Waals surface area contributed by atoms with E-state index in [2.05, 4.69) is 5.32 Å². The van der Waals surface area contributed by atoms with Crippen molar-refractivity contribution in [3.05, 3.63) is 70.3 Å². The first kappa shape index (κ1) is 25.2. The number of piperidine rings is 1. The van der Waals surface area contributed by atoms with Gasteiger partial charge in [-0.3, -0.25) is 4.79 Å². The summed E-state index contributed by atoms with van der Waals surface area (Å²) < 4.78 is 106. The zero-order valence-corrected chi connectivity index (χ0v) is 17.0. The number of benzene rings is 2. The molecule has 13 heteroatoms. The van der Waals surface area contributed by atoms with E-state index in [4.69, 9.17) is 0 Å². The van der Waals surface area contributed by atoms with E-state index < -0.39 is 64.6 Å². The monoisotopic (exact) mass is 496 g/mol. The zero-order valence-electron chi connectivity index (χ0n) is 17.0. The molecule has 1 aliphatic heterocycles. The normalized spacial score (nSPS) is 19.1. The van der Waals surface area contributed by atoms with Gasteiger partial charge >= 0.3 is 18.4 Å². The van der Waals surface area contributed by atoms with E-state index in [9.17, 15) is 49.8 Å². The number of carbonyl (C=O) groups excluding carboxylic acids is 1. The van der Waals surface area contributed by atoms with Crippen LogP contribution in [-0.4, -0.2) is 41.1 Å². The van der Waals surface area contributed by atoms with E-state index >= 15 is 0 Å². The van der Waals surface area contributed by atoms with E-state index in [1.54, 1.807) is 0 Å². The van der Waals surface area contributed by atoms with Crippen molar-refractivity contribution >= 4 is 12.0 Å². The Bertz CT molecular complexity index is 1070. The van der Waals surface area contributed by atoms with Gasteiger partial charge in [-0.2, -0.15) is 26.3 Å². The molecular weight excluding hydrogens is 480 g/mol. The van der Waals surface area contributed by atoms with Crippen molar-refractivity contribution in [2.45, 2.75) is 30.7 Å². The lowest BCUT2D eigenvalue weighted by molar-refractivity contribution is -0.143. The summed E-state index contributed by atoms with van der Waals surface area (Å²) in [6.45, 7) is -0.390. The number of hydrogen-bond acceptors (Lipinski definition) is 2. The number of nitrogens with one attached hydrogen (secondary N) is 1. The summed E-state index contributed by atoms with van der Waals surface area (Å²) >= 11 is 0. The standard InChI is InChI=1S/C21H16F8N2O3/c22-15-2-1-10(7-16(15)23)14-9-31(19(33)34)4-3-17(14)30-18(32)11-5-12(20(24,25)26)8-13(6-11)21(27,28)29/h1-2,5-8,14,17H,3-4,9H2,(H,30,32)(H,33,34)/t14-,17+/m0/s1. The highest BCUT2D eigenvalue weighted by Gasteiger charge is 2.39. The van der Waals surface area contributed by atoms with Crippen LogP contribution in [0.25, 0.3) is 0 Å². The molecule has 0 aromatic heterocycles. The van der Waals surface area contributed by atoms with Crippen molar-refractivity contribution in [2.24, 2.45) is 0 Å². The van der Waals surface area contributed by atoms with E-state index in [1.165, 1.54) is 0 Å². The maximum atomic E-state index is 13.8. The van der Waals surface area contributed by atoms with Gasteiger partial charge in [0.15, 0.2) is 11.6 Å². The van der Waals surface area contributed by atoms with Gasteiger partial charge in [-0.15, -0.1) is 0 Å². The molecule has 1 fully saturated rings. The number of hydrogen-bond donors (Lipinski definition) is 2. The lowest BCUT2D eigenvalue weighted by Gasteiger charge is -2.38. The van der Waals surface area contributed by atoms with Crippen LogP contribution in [0.2, 0.25) is 0 Å². The Morgan fingerprint density at radius 2 is 1.50 bits per heavy atom. The van der Waals surface area contributed by atoms with E-state index in [0.29, 0.717) is 0 Å². The summed E-state index contributed by atoms with van der Waals surface area (Å²) in [4.78, 5) is 25.0. The molecule has 1 heterocycles. The topological polar surface area (TPSA) is 69.6 Å². The molecule has 0 aliphatic carbocycles. The predicted octanol–water partition coefficient (Wildman–Crippen LogP) is 5.27. The van der Waals surface area contributed by atoms with Gasteiger partial charge in [-0.05, 0) is 42.3 Å². The van der Waals surface area contributed by atoms with Crippen LogP contribution in [0.5, 0.6) is 0 Å². The predicted molar refractivity (Wildman–Crippen MR) is 101 cm³/mol. The number of carbonyl (C=O) groups is 2. The minimum absolute atomic E-state index is 0.0766. The summed E-state index contributed by atoms with van der Waals surface area (Å²) in [6, 6.07) is 2.15. The van der Waals surface area contributed by atoms with Gasteiger partial charge in [0.1, 0.15) is 0 Å². The summed E-state index contributed by atoms with van der Waals surface area (Å²) in [7, 11) is 0. The number of likely N-dealkylation sites (tertiary alicyclic amines) is 1. The van der Waals surface area contributed by atoms with Gasteiger partial charge in [0.2, 0.25) is 0 Å². The molecule has 184 valence electrons. The van der Waals surface area contributed by atoms with Gasteiger partial charge < -0.3 is 15.3 Å². The maximum absolute atomic E-state index is 13.8. The lowest BCUT2D eigenvalue weighted by Crippen LogP contribution is -2.51. The van der Waals surface area contributed by atoms with Crippen LogP contribution in [0.3, 0.4) is 0 Å². The molecule has 34 heavy (non-hydrogen) atoms. The van der Waals surface area contributed by atoms with Gasteiger partial charge in [0.05, 0.1) is 11.1 Å². The third-order valence-electron chi connectivity index (χ3n) is 5.42. The van der Waals surface area contributed by atoms with Crippen molar-refractivity contribution in [3.8, 4) is 0 Å². The Labute approximate surface area is 187 Å². The Morgan fingerprint density at radius 1 is 0.912 bits per heavy atom. The number of carboxylic acid groups (broad SMARTS) is 1. The van der Waals surface area contributed by atoms with Crippen molar-refractivity contribution in [1.82, 2.24) is 10.2 Å². The molecule has 5 nitrogen and oxygen atoms in total. The van der Waals surface area contributed by atoms with Gasteiger partial charge in [0.25, 0.3) is 5.91 Å². The molecule has 0 bridgehead atoms. The molecule has 1 saturated heterocycles. The second-order valence-corrected chi connectivity index (χ2v) is 7.67. The van der Waals surface area contributed by atoms with Gasteiger partial charge in [-0.1, -0.05) is 6.07 Å². The van der Waals surface area contributed by atoms with E-state index in [0.717, 1.165) is 23.1 Å². The third kappa shape index (κ3) is 5.57. The summed E-state index contributed by atoms with van der Waals surface area (Å²) in [5.41, 5.74) is -4.17. The zero-order chi connectivity index (χ0) is 25.4. The molecular formula is C21H16F8N2O3. The number of nitrogens with zero attached hydrogens (tertiary/aromatic N) is 1. The average Bonchev–Trinajstić information content (AvgIpc) is 2.74. The largest absolute Gasteiger partial charge is 0.465 e. The molecule has 2 aromatic carbocycles. The summed E-state index contributed by atoms with van der Waals surface area (Å²) in [5.74, 6) is -4.64. The van der Waals surface area contributed by atoms with Crippen LogP contribution in [-0.2, 0) is 12.4 Å². The van der Waals surface area contributed by atoms with Crippen molar-refractivity contribution in [2.75, 3.05) is 13.1 Å². The fourth-order valence-corrected chi connectivity index (χ4v) is 3.72. The highest BCUT2D eigenvalue weighted by Crippen LogP contribution is 2.36. The SMILES string of the molecule is O=C(N[C@@H]1CCN(C(=O)O)C[C@H]1c1ccc(F)c(F)c1)c1cc(C(F)(F)F)cc(C(F)(F)F)c1. The fraction of sp³-hybridized carbons (Fsp3) is 0.333. The minimum Gasteiger partial charge on any atom is -0.465 e. The molecule has 0 saturated carbocycles. The fourth-order valence-electron chi connectivity index (χ4n) is 3.72. The Kier molecular flexibility index (Phi) is 6.76. The Balaban J connectivity index is 1.95. The van der Waals surface area contributed by atoms with Gasteiger partial charge in [-0.25, -0.2) is 13.6 Å². The molecule has 3 rings (SSSR count). The van der Waals surface area contributed by atoms with E-state index in [-0.39, 0.29) is 43.3 Å². The number of rotatable bonds is 3. The quantitative estimate of drug-likeness (QED) is 0.570. The van der Waals surface area contributed by atoms with E-state index in [1.807, 2.05) is 0 Å². The average molecular weight is 496 g/mol. The molecule has 0 radical (unpaired) electrons. The summed E-state index contributed by atoms with van der Waals surface area (Å²) in [5, 5.41) is 11.6. The van der Waals surface area contributed by atoms with Crippen LogP contribution >= 0.6 is 0 Å².